The largest absolute Gasteiger partial charge is 0.449 e. The smallest absolute Gasteiger partial charge is 0.407 e. The number of hydrogen-bond acceptors (Lipinski definition) is 3. The Morgan fingerprint density at radius 3 is 2.35 bits per heavy atom. The third-order valence-corrected chi connectivity index (χ3v) is 5.35. The maximum atomic E-state index is 13.4. The number of ether oxygens (including phenoxy) is 1. The number of nitrogens with two attached hydrogens (primary N) is 1. The van der Waals surface area contributed by atoms with Gasteiger partial charge in [0, 0.05) is 24.1 Å². The predicted molar refractivity (Wildman–Crippen MR) is 117 cm³/mol. The molecule has 31 heavy (non-hydrogen) atoms. The molecular formula is C25H22F2N2O2. The number of carbonyl (C=O) groups is 1. The van der Waals surface area contributed by atoms with Gasteiger partial charge in [0.1, 0.15) is 18.2 Å². The van der Waals surface area contributed by atoms with Gasteiger partial charge in [0.15, 0.2) is 0 Å². The highest BCUT2D eigenvalue weighted by molar-refractivity contribution is 5.79. The highest BCUT2D eigenvalue weighted by Crippen LogP contribution is 2.44. The third kappa shape index (κ3) is 4.43. The fraction of sp³-hybridized carbons (Fsp3) is 0.160. The van der Waals surface area contributed by atoms with Crippen molar-refractivity contribution in [2.75, 3.05) is 18.9 Å². The van der Waals surface area contributed by atoms with Crippen molar-refractivity contribution in [3.05, 3.63) is 95.1 Å². The zero-order chi connectivity index (χ0) is 21.8. The first kappa shape index (κ1) is 20.6. The quantitative estimate of drug-likeness (QED) is 0.409. The lowest BCUT2D eigenvalue weighted by Gasteiger charge is -2.14. The van der Waals surface area contributed by atoms with Crippen LogP contribution in [0.3, 0.4) is 0 Å². The van der Waals surface area contributed by atoms with Gasteiger partial charge in [-0.2, -0.15) is 0 Å². The summed E-state index contributed by atoms with van der Waals surface area (Å²) >= 11 is 0. The van der Waals surface area contributed by atoms with Gasteiger partial charge in [-0.1, -0.05) is 60.7 Å². The van der Waals surface area contributed by atoms with Gasteiger partial charge < -0.3 is 15.8 Å². The van der Waals surface area contributed by atoms with Crippen molar-refractivity contribution >= 4 is 17.9 Å². The van der Waals surface area contributed by atoms with Crippen molar-refractivity contribution in [2.45, 2.75) is 12.3 Å². The molecule has 0 unspecified atom stereocenters. The Balaban J connectivity index is 1.29. The second-order valence-electron chi connectivity index (χ2n) is 7.33. The third-order valence-electron chi connectivity index (χ3n) is 5.35. The van der Waals surface area contributed by atoms with E-state index in [1.54, 1.807) is 6.08 Å². The monoisotopic (exact) mass is 420 g/mol. The van der Waals surface area contributed by atoms with Crippen LogP contribution in [0.4, 0.5) is 19.3 Å². The number of nitrogen functional groups attached to an aromatic ring is 1. The van der Waals surface area contributed by atoms with Gasteiger partial charge in [0.2, 0.25) is 0 Å². The molecule has 158 valence electrons. The summed E-state index contributed by atoms with van der Waals surface area (Å²) in [5.41, 5.74) is 10.4. The van der Waals surface area contributed by atoms with Crippen LogP contribution in [0, 0.1) is 11.6 Å². The van der Waals surface area contributed by atoms with Gasteiger partial charge in [-0.05, 0) is 34.7 Å². The molecule has 3 aromatic carbocycles. The number of benzene rings is 3. The van der Waals surface area contributed by atoms with E-state index in [-0.39, 0.29) is 23.8 Å². The Morgan fingerprint density at radius 1 is 1.03 bits per heavy atom. The first-order chi connectivity index (χ1) is 15.0. The SMILES string of the molecule is Nc1c(F)cc(F)cc1C=CCCNC(=O)OCC1c2ccccc2-c2ccccc21. The summed E-state index contributed by atoms with van der Waals surface area (Å²) in [5, 5.41) is 2.69. The van der Waals surface area contributed by atoms with Crippen LogP contribution in [0.25, 0.3) is 17.2 Å². The van der Waals surface area contributed by atoms with E-state index in [0.717, 1.165) is 23.3 Å². The summed E-state index contributed by atoms with van der Waals surface area (Å²) < 4.78 is 32.2. The molecule has 0 aromatic heterocycles. The van der Waals surface area contributed by atoms with Crippen molar-refractivity contribution in [3.63, 3.8) is 0 Å². The van der Waals surface area contributed by atoms with Gasteiger partial charge in [-0.3, -0.25) is 0 Å². The van der Waals surface area contributed by atoms with E-state index >= 15 is 0 Å². The van der Waals surface area contributed by atoms with Crippen LogP contribution >= 0.6 is 0 Å². The number of amides is 1. The standard InChI is InChI=1S/C25H22F2N2O2/c26-17-13-16(24(28)23(27)14-17)7-5-6-12-29-25(30)31-15-22-20-10-3-1-8-18(20)19-9-2-4-11-21(19)22/h1-5,7-11,13-14,22H,6,12,15,28H2,(H,29,30). The molecule has 3 N–H and O–H groups in total. The second kappa shape index (κ2) is 9.00. The van der Waals surface area contributed by atoms with Gasteiger partial charge >= 0.3 is 6.09 Å². The van der Waals surface area contributed by atoms with Crippen LogP contribution < -0.4 is 11.1 Å². The van der Waals surface area contributed by atoms with Gasteiger partial charge in [0.05, 0.1) is 5.69 Å². The Hall–Kier alpha value is -3.67. The van der Waals surface area contributed by atoms with Gasteiger partial charge in [-0.25, -0.2) is 13.6 Å². The van der Waals surface area contributed by atoms with Crippen molar-refractivity contribution in [1.29, 1.82) is 0 Å². The minimum Gasteiger partial charge on any atom is -0.449 e. The number of anilines is 1. The summed E-state index contributed by atoms with van der Waals surface area (Å²) in [5.74, 6) is -1.48. The maximum Gasteiger partial charge on any atom is 0.407 e. The molecule has 0 aliphatic heterocycles. The molecule has 0 radical (unpaired) electrons. The number of nitrogens with one attached hydrogen (secondary N) is 1. The normalized spacial score (nSPS) is 12.6. The summed E-state index contributed by atoms with van der Waals surface area (Å²) in [6.45, 7) is 0.569. The van der Waals surface area contributed by atoms with E-state index in [9.17, 15) is 13.6 Å². The predicted octanol–water partition coefficient (Wildman–Crippen LogP) is 5.49. The number of alkyl carbamates (subject to hydrolysis) is 1. The second-order valence-corrected chi connectivity index (χ2v) is 7.33. The van der Waals surface area contributed by atoms with Crippen LogP contribution in [-0.2, 0) is 4.74 Å². The number of fused-ring (bicyclic) bond motifs is 3. The Morgan fingerprint density at radius 2 is 1.68 bits per heavy atom. The molecule has 0 saturated heterocycles. The van der Waals surface area contributed by atoms with Gasteiger partial charge in [-0.15, -0.1) is 0 Å². The highest BCUT2D eigenvalue weighted by Gasteiger charge is 2.28. The molecule has 0 atom stereocenters. The highest BCUT2D eigenvalue weighted by atomic mass is 19.1. The van der Waals surface area contributed by atoms with Crippen LogP contribution in [-0.4, -0.2) is 19.2 Å². The lowest BCUT2D eigenvalue weighted by atomic mass is 9.98. The molecule has 1 aliphatic rings. The number of halogens is 2. The number of hydrogen-bond donors (Lipinski definition) is 2. The first-order valence-electron chi connectivity index (χ1n) is 10.0. The van der Waals surface area contributed by atoms with E-state index in [0.29, 0.717) is 13.0 Å². The molecule has 4 nitrogen and oxygen atoms in total. The molecule has 0 heterocycles. The number of carbonyl (C=O) groups excluding carboxylic acids is 1. The molecule has 0 spiro atoms. The summed E-state index contributed by atoms with van der Waals surface area (Å²) in [4.78, 5) is 12.1. The number of rotatable bonds is 6. The molecule has 3 aromatic rings. The fourth-order valence-corrected chi connectivity index (χ4v) is 3.86. The topological polar surface area (TPSA) is 64.3 Å². The maximum absolute atomic E-state index is 13.4. The minimum atomic E-state index is -0.795. The fourth-order valence-electron chi connectivity index (χ4n) is 3.86. The van der Waals surface area contributed by atoms with Crippen molar-refractivity contribution in [3.8, 4) is 11.1 Å². The molecule has 1 aliphatic carbocycles. The lowest BCUT2D eigenvalue weighted by Crippen LogP contribution is -2.26. The average molecular weight is 420 g/mol. The molecule has 1 amide bonds. The Bertz CT molecular complexity index is 1100. The van der Waals surface area contributed by atoms with E-state index < -0.39 is 17.7 Å². The molecular weight excluding hydrogens is 398 g/mol. The van der Waals surface area contributed by atoms with Crippen LogP contribution in [0.5, 0.6) is 0 Å². The summed E-state index contributed by atoms with van der Waals surface area (Å²) in [6, 6.07) is 18.2. The first-order valence-corrected chi connectivity index (χ1v) is 10.0. The Kier molecular flexibility index (Phi) is 5.98. The average Bonchev–Trinajstić information content (AvgIpc) is 3.09. The lowest BCUT2D eigenvalue weighted by molar-refractivity contribution is 0.143. The van der Waals surface area contributed by atoms with Crippen LogP contribution in [0.2, 0.25) is 0 Å². The van der Waals surface area contributed by atoms with Crippen molar-refractivity contribution in [1.82, 2.24) is 5.32 Å². The zero-order valence-electron chi connectivity index (χ0n) is 16.8. The molecule has 0 bridgehead atoms. The van der Waals surface area contributed by atoms with Crippen molar-refractivity contribution < 1.29 is 18.3 Å². The molecule has 4 rings (SSSR count). The summed E-state index contributed by atoms with van der Waals surface area (Å²) in [6.07, 6.45) is 3.17. The molecule has 0 fully saturated rings. The summed E-state index contributed by atoms with van der Waals surface area (Å²) in [7, 11) is 0. The van der Waals surface area contributed by atoms with Crippen molar-refractivity contribution in [2.24, 2.45) is 0 Å². The van der Waals surface area contributed by atoms with E-state index in [1.807, 2.05) is 24.3 Å². The van der Waals surface area contributed by atoms with E-state index in [4.69, 9.17) is 10.5 Å². The van der Waals surface area contributed by atoms with E-state index in [1.165, 1.54) is 17.2 Å². The van der Waals surface area contributed by atoms with E-state index in [2.05, 4.69) is 29.6 Å². The molecule has 6 heteroatoms. The van der Waals surface area contributed by atoms with Crippen LogP contribution in [0.15, 0.2) is 66.7 Å². The zero-order valence-corrected chi connectivity index (χ0v) is 16.8. The van der Waals surface area contributed by atoms with Crippen LogP contribution in [0.1, 0.15) is 29.0 Å². The van der Waals surface area contributed by atoms with Gasteiger partial charge in [0.25, 0.3) is 0 Å². The minimum absolute atomic E-state index is 0.00361. The molecule has 0 saturated carbocycles. The Labute approximate surface area is 179 Å².